The molecule has 1 aliphatic heterocycles. The molecule has 0 spiro atoms. The van der Waals surface area contributed by atoms with Crippen LogP contribution >= 0.6 is 0 Å². The van der Waals surface area contributed by atoms with Crippen molar-refractivity contribution in [3.05, 3.63) is 11.4 Å². The summed E-state index contributed by atoms with van der Waals surface area (Å²) in [6.45, 7) is 0. The van der Waals surface area contributed by atoms with Gasteiger partial charge in [-0.05, 0) is 0 Å². The highest BCUT2D eigenvalue weighted by atomic mass is 19.4. The number of ether oxygens (including phenoxy) is 1. The van der Waals surface area contributed by atoms with Crippen LogP contribution in [0.3, 0.4) is 0 Å². The summed E-state index contributed by atoms with van der Waals surface area (Å²) in [5.74, 6) is -6.08. The van der Waals surface area contributed by atoms with Crippen LogP contribution in [-0.4, -0.2) is 18.1 Å². The van der Waals surface area contributed by atoms with E-state index in [1.165, 1.54) is 0 Å². The first kappa shape index (κ1) is 8.69. The molecule has 0 amide bonds. The molecule has 1 aliphatic rings. The zero-order valence-electron chi connectivity index (χ0n) is 5.24. The van der Waals surface area contributed by atoms with Gasteiger partial charge in [-0.25, -0.2) is 9.59 Å². The second-order valence-corrected chi connectivity index (χ2v) is 1.86. The van der Waals surface area contributed by atoms with E-state index in [0.717, 1.165) is 0 Å². The smallest absolute Gasteiger partial charge is 0.384 e. The minimum atomic E-state index is -5.19. The maximum Gasteiger partial charge on any atom is 0.426 e. The molecule has 1 heterocycles. The van der Waals surface area contributed by atoms with Gasteiger partial charge in [0.15, 0.2) is 5.57 Å². The topological polar surface area (TPSA) is 43.4 Å². The van der Waals surface area contributed by atoms with Gasteiger partial charge in [-0.3, -0.25) is 0 Å². The number of hydrogen-bond donors (Lipinski definition) is 0. The zero-order valence-corrected chi connectivity index (χ0v) is 5.24. The van der Waals surface area contributed by atoms with Gasteiger partial charge in [0.1, 0.15) is 0 Å². The third-order valence-electron chi connectivity index (χ3n) is 1.07. The van der Waals surface area contributed by atoms with E-state index in [4.69, 9.17) is 0 Å². The average molecular weight is 184 g/mol. The van der Waals surface area contributed by atoms with Gasteiger partial charge in [-0.1, -0.05) is 0 Å². The molecule has 0 fully saturated rings. The number of halogens is 4. The molecule has 0 aromatic rings. The van der Waals surface area contributed by atoms with Crippen molar-refractivity contribution >= 4 is 11.9 Å². The maximum atomic E-state index is 12.2. The summed E-state index contributed by atoms with van der Waals surface area (Å²) in [6, 6.07) is 0. The van der Waals surface area contributed by atoms with Crippen molar-refractivity contribution in [3.8, 4) is 0 Å². The Morgan fingerprint density at radius 2 is 1.58 bits per heavy atom. The van der Waals surface area contributed by atoms with E-state index in [1.807, 2.05) is 0 Å². The quantitative estimate of drug-likeness (QED) is 0.318. The molecule has 0 aromatic heterocycles. The number of hydrogen-bond acceptors (Lipinski definition) is 3. The largest absolute Gasteiger partial charge is 0.426 e. The van der Waals surface area contributed by atoms with Gasteiger partial charge in [0.2, 0.25) is 5.83 Å². The molecule has 0 saturated carbocycles. The van der Waals surface area contributed by atoms with E-state index in [9.17, 15) is 27.2 Å². The fourth-order valence-corrected chi connectivity index (χ4v) is 0.612. The van der Waals surface area contributed by atoms with Crippen LogP contribution in [0.15, 0.2) is 11.4 Å². The van der Waals surface area contributed by atoms with Crippen molar-refractivity contribution in [2.45, 2.75) is 6.18 Å². The van der Waals surface area contributed by atoms with Crippen molar-refractivity contribution in [2.24, 2.45) is 0 Å². The minimum absolute atomic E-state index is 1.90. The molecule has 12 heavy (non-hydrogen) atoms. The number of alkyl halides is 3. The highest BCUT2D eigenvalue weighted by Crippen LogP contribution is 2.33. The third-order valence-corrected chi connectivity index (χ3v) is 1.07. The molecule has 0 aromatic carbocycles. The predicted octanol–water partition coefficient (Wildman–Crippen LogP) is 0.856. The van der Waals surface area contributed by atoms with Gasteiger partial charge < -0.3 is 4.74 Å². The first-order chi connectivity index (χ1) is 5.34. The van der Waals surface area contributed by atoms with Gasteiger partial charge in [0.05, 0.1) is 0 Å². The van der Waals surface area contributed by atoms with E-state index in [-0.39, 0.29) is 0 Å². The number of cyclic esters (lactones) is 2. The monoisotopic (exact) mass is 184 g/mol. The summed E-state index contributed by atoms with van der Waals surface area (Å²) in [4.78, 5) is 20.2. The number of esters is 2. The molecule has 0 unspecified atom stereocenters. The highest BCUT2D eigenvalue weighted by molar-refractivity contribution is 6.11. The Kier molecular flexibility index (Phi) is 1.66. The molecular weight excluding hydrogens is 184 g/mol. The molecule has 0 N–H and O–H groups in total. The average Bonchev–Trinajstić information content (AvgIpc) is 2.05. The van der Waals surface area contributed by atoms with Crippen molar-refractivity contribution in [2.75, 3.05) is 0 Å². The number of rotatable bonds is 0. The second kappa shape index (κ2) is 2.29. The normalized spacial score (nSPS) is 18.7. The summed E-state index contributed by atoms with van der Waals surface area (Å²) in [7, 11) is 0. The summed E-state index contributed by atoms with van der Waals surface area (Å²) < 4.78 is 50.6. The lowest BCUT2D eigenvalue weighted by atomic mass is 10.2. The number of carbonyl (C=O) groups is 2. The molecule has 0 radical (unpaired) electrons. The Hall–Kier alpha value is -1.40. The fraction of sp³-hybridized carbons (Fsp3) is 0.200. The first-order valence-electron chi connectivity index (χ1n) is 2.57. The maximum absolute atomic E-state index is 12.2. The summed E-state index contributed by atoms with van der Waals surface area (Å²) in [5.41, 5.74) is -2.17. The number of carbonyl (C=O) groups excluding carboxylic acids is 2. The van der Waals surface area contributed by atoms with Crippen LogP contribution in [-0.2, 0) is 14.3 Å². The molecule has 7 heteroatoms. The highest BCUT2D eigenvalue weighted by Gasteiger charge is 2.50. The Morgan fingerprint density at radius 3 is 1.75 bits per heavy atom. The molecular formula is C5F4O3. The fourth-order valence-electron chi connectivity index (χ4n) is 0.612. The van der Waals surface area contributed by atoms with Crippen molar-refractivity contribution in [1.82, 2.24) is 0 Å². The molecule has 3 nitrogen and oxygen atoms in total. The Morgan fingerprint density at radius 1 is 1.08 bits per heavy atom. The summed E-state index contributed by atoms with van der Waals surface area (Å²) >= 11 is 0. The lowest BCUT2D eigenvalue weighted by Crippen LogP contribution is -2.18. The lowest BCUT2D eigenvalue weighted by molar-refractivity contribution is -0.155. The van der Waals surface area contributed by atoms with Crippen molar-refractivity contribution in [3.63, 3.8) is 0 Å². The molecule has 0 aliphatic carbocycles. The summed E-state index contributed by atoms with van der Waals surface area (Å²) in [6.07, 6.45) is -5.19. The van der Waals surface area contributed by atoms with Crippen molar-refractivity contribution in [1.29, 1.82) is 0 Å². The van der Waals surface area contributed by atoms with Crippen LogP contribution in [0, 0.1) is 0 Å². The van der Waals surface area contributed by atoms with E-state index in [1.54, 1.807) is 0 Å². The van der Waals surface area contributed by atoms with Crippen molar-refractivity contribution < 1.29 is 31.9 Å². The SMILES string of the molecule is O=C1OC(=O)C(C(F)(F)F)=C1F. The molecule has 0 saturated heterocycles. The van der Waals surface area contributed by atoms with Crippen LogP contribution in [0.2, 0.25) is 0 Å². The van der Waals surface area contributed by atoms with Gasteiger partial charge in [-0.2, -0.15) is 17.6 Å². The summed E-state index contributed by atoms with van der Waals surface area (Å²) in [5, 5.41) is 0. The molecule has 0 bridgehead atoms. The van der Waals surface area contributed by atoms with Crippen LogP contribution in [0.5, 0.6) is 0 Å². The van der Waals surface area contributed by atoms with E-state index >= 15 is 0 Å². The second-order valence-electron chi connectivity index (χ2n) is 1.86. The van der Waals surface area contributed by atoms with Crippen LogP contribution < -0.4 is 0 Å². The molecule has 1 rings (SSSR count). The third kappa shape index (κ3) is 1.17. The van der Waals surface area contributed by atoms with E-state index < -0.39 is 29.5 Å². The first-order valence-corrected chi connectivity index (χ1v) is 2.57. The van der Waals surface area contributed by atoms with Gasteiger partial charge in [0.25, 0.3) is 0 Å². The Labute approximate surface area is 62.6 Å². The van der Waals surface area contributed by atoms with Gasteiger partial charge in [0, 0.05) is 0 Å². The Balaban J connectivity index is 3.18. The molecule has 66 valence electrons. The minimum Gasteiger partial charge on any atom is -0.384 e. The van der Waals surface area contributed by atoms with Gasteiger partial charge in [-0.15, -0.1) is 0 Å². The standard InChI is InChI=1S/C5F4O3/c6-2-1(5(7,8)9)3(10)12-4(2)11. The lowest BCUT2D eigenvalue weighted by Gasteiger charge is -2.01. The van der Waals surface area contributed by atoms with Crippen LogP contribution in [0.4, 0.5) is 17.6 Å². The van der Waals surface area contributed by atoms with E-state index in [0.29, 0.717) is 0 Å². The zero-order chi connectivity index (χ0) is 9.52. The van der Waals surface area contributed by atoms with Gasteiger partial charge >= 0.3 is 18.1 Å². The van der Waals surface area contributed by atoms with Crippen LogP contribution in [0.1, 0.15) is 0 Å². The van der Waals surface area contributed by atoms with E-state index in [2.05, 4.69) is 4.74 Å². The molecule has 0 atom stereocenters. The van der Waals surface area contributed by atoms with Crippen LogP contribution in [0.25, 0.3) is 0 Å². The predicted molar refractivity (Wildman–Crippen MR) is 25.3 cm³/mol. The Bertz CT molecular complexity index is 288.